The highest BCUT2D eigenvalue weighted by Gasteiger charge is 2.21. The van der Waals surface area contributed by atoms with E-state index < -0.39 is 17.5 Å². The summed E-state index contributed by atoms with van der Waals surface area (Å²) in [6, 6.07) is 6.48. The summed E-state index contributed by atoms with van der Waals surface area (Å²) in [5.74, 6) is -2.26. The largest absolute Gasteiger partial charge is 0.206 e. The van der Waals surface area contributed by atoms with Gasteiger partial charge in [0.1, 0.15) is 5.82 Å². The minimum Gasteiger partial charge on any atom is -0.206 e. The van der Waals surface area contributed by atoms with Crippen LogP contribution in [0.3, 0.4) is 0 Å². The van der Waals surface area contributed by atoms with Crippen molar-refractivity contribution in [3.8, 4) is 11.1 Å². The van der Waals surface area contributed by atoms with Gasteiger partial charge in [-0.25, -0.2) is 13.2 Å². The van der Waals surface area contributed by atoms with Crippen LogP contribution in [0.15, 0.2) is 35.9 Å². The summed E-state index contributed by atoms with van der Waals surface area (Å²) in [5.41, 5.74) is 3.38. The lowest BCUT2D eigenvalue weighted by atomic mass is 9.86. The maximum atomic E-state index is 15.0. The van der Waals surface area contributed by atoms with Gasteiger partial charge in [0.25, 0.3) is 0 Å². The SMILES string of the molecule is CCCCCC1=CCc2c(ccc(-c3ccc(CC)c(F)c3F)c2F)C1. The fourth-order valence-corrected chi connectivity index (χ4v) is 3.68. The van der Waals surface area contributed by atoms with Crippen LogP contribution in [0.1, 0.15) is 56.2 Å². The van der Waals surface area contributed by atoms with Crippen LogP contribution in [0.2, 0.25) is 0 Å². The number of benzene rings is 2. The Morgan fingerprint density at radius 2 is 1.58 bits per heavy atom. The molecule has 0 heterocycles. The van der Waals surface area contributed by atoms with E-state index in [-0.39, 0.29) is 11.1 Å². The standard InChI is InChI=1S/C23H25F3/c1-3-5-6-7-15-8-11-18-17(14-15)10-13-19(22(18)25)20-12-9-16(4-2)21(24)23(20)26/h8-10,12-13H,3-7,11,14H2,1-2H3. The molecule has 0 bridgehead atoms. The molecule has 0 fully saturated rings. The molecule has 0 aliphatic heterocycles. The van der Waals surface area contributed by atoms with E-state index in [2.05, 4.69) is 13.0 Å². The number of fused-ring (bicyclic) bond motifs is 1. The zero-order valence-corrected chi connectivity index (χ0v) is 15.5. The number of hydrogen-bond donors (Lipinski definition) is 0. The molecular formula is C23H25F3. The van der Waals surface area contributed by atoms with Crippen molar-refractivity contribution < 1.29 is 13.2 Å². The van der Waals surface area contributed by atoms with Crippen molar-refractivity contribution in [1.29, 1.82) is 0 Å². The third-order valence-corrected chi connectivity index (χ3v) is 5.29. The first-order valence-corrected chi connectivity index (χ1v) is 9.52. The summed E-state index contributed by atoms with van der Waals surface area (Å²) in [6.07, 6.45) is 8.37. The van der Waals surface area contributed by atoms with Crippen LogP contribution >= 0.6 is 0 Å². The Balaban J connectivity index is 1.91. The van der Waals surface area contributed by atoms with Gasteiger partial charge in [-0.1, -0.05) is 62.6 Å². The van der Waals surface area contributed by atoms with Crippen LogP contribution in [0, 0.1) is 17.5 Å². The van der Waals surface area contributed by atoms with Gasteiger partial charge in [0.15, 0.2) is 11.6 Å². The first-order chi connectivity index (χ1) is 12.6. The maximum Gasteiger partial charge on any atom is 0.167 e. The molecule has 2 aromatic carbocycles. The second kappa shape index (κ2) is 8.11. The van der Waals surface area contributed by atoms with Gasteiger partial charge in [-0.05, 0) is 48.8 Å². The van der Waals surface area contributed by atoms with Crippen molar-refractivity contribution in [2.75, 3.05) is 0 Å². The molecule has 2 aromatic rings. The molecule has 0 nitrogen and oxygen atoms in total. The molecule has 26 heavy (non-hydrogen) atoms. The summed E-state index contributed by atoms with van der Waals surface area (Å²) in [4.78, 5) is 0. The van der Waals surface area contributed by atoms with Crippen LogP contribution in [-0.4, -0.2) is 0 Å². The molecule has 0 spiro atoms. The Labute approximate surface area is 153 Å². The molecule has 0 aromatic heterocycles. The average molecular weight is 358 g/mol. The van der Waals surface area contributed by atoms with Gasteiger partial charge in [0.05, 0.1) is 0 Å². The van der Waals surface area contributed by atoms with E-state index >= 15 is 4.39 Å². The van der Waals surface area contributed by atoms with Crippen LogP contribution in [0.4, 0.5) is 13.2 Å². The molecule has 0 radical (unpaired) electrons. The predicted octanol–water partition coefficient (Wildman–Crippen LogP) is 6.94. The quantitative estimate of drug-likeness (QED) is 0.387. The molecule has 3 heteroatoms. The number of hydrogen-bond acceptors (Lipinski definition) is 0. The smallest absolute Gasteiger partial charge is 0.167 e. The van der Waals surface area contributed by atoms with Crippen LogP contribution in [0.25, 0.3) is 11.1 Å². The minimum absolute atomic E-state index is 0.00211. The molecule has 0 unspecified atom stereocenters. The summed E-state index contributed by atoms with van der Waals surface area (Å²) in [6.45, 7) is 3.94. The van der Waals surface area contributed by atoms with Crippen molar-refractivity contribution in [2.45, 2.75) is 58.8 Å². The van der Waals surface area contributed by atoms with E-state index in [1.54, 1.807) is 19.1 Å². The van der Waals surface area contributed by atoms with E-state index in [0.29, 0.717) is 24.0 Å². The van der Waals surface area contributed by atoms with E-state index in [1.807, 2.05) is 6.07 Å². The molecular weight excluding hydrogens is 333 g/mol. The molecule has 138 valence electrons. The van der Waals surface area contributed by atoms with E-state index in [9.17, 15) is 8.78 Å². The van der Waals surface area contributed by atoms with Gasteiger partial charge in [-0.3, -0.25) is 0 Å². The van der Waals surface area contributed by atoms with Gasteiger partial charge in [0, 0.05) is 11.1 Å². The molecule has 0 saturated carbocycles. The zero-order chi connectivity index (χ0) is 18.7. The normalized spacial score (nSPS) is 13.5. The fraction of sp³-hybridized carbons (Fsp3) is 0.391. The first-order valence-electron chi connectivity index (χ1n) is 9.52. The van der Waals surface area contributed by atoms with Crippen molar-refractivity contribution in [2.24, 2.45) is 0 Å². The van der Waals surface area contributed by atoms with Gasteiger partial charge in [-0.15, -0.1) is 0 Å². The lowest BCUT2D eigenvalue weighted by Crippen LogP contribution is -2.07. The van der Waals surface area contributed by atoms with Crippen LogP contribution < -0.4 is 0 Å². The highest BCUT2D eigenvalue weighted by atomic mass is 19.2. The number of allylic oxidation sites excluding steroid dienone is 2. The van der Waals surface area contributed by atoms with Crippen LogP contribution in [-0.2, 0) is 19.3 Å². The summed E-state index contributed by atoms with van der Waals surface area (Å²) in [5, 5.41) is 0. The van der Waals surface area contributed by atoms with Gasteiger partial charge in [-0.2, -0.15) is 0 Å². The predicted molar refractivity (Wildman–Crippen MR) is 101 cm³/mol. The second-order valence-electron chi connectivity index (χ2n) is 7.02. The summed E-state index contributed by atoms with van der Waals surface area (Å²) in [7, 11) is 0. The molecule has 0 saturated heterocycles. The Kier molecular flexibility index (Phi) is 5.85. The van der Waals surface area contributed by atoms with E-state index in [4.69, 9.17) is 0 Å². The lowest BCUT2D eigenvalue weighted by Gasteiger charge is -2.20. The number of halogens is 3. The third-order valence-electron chi connectivity index (χ3n) is 5.29. The van der Waals surface area contributed by atoms with Crippen molar-refractivity contribution in [3.63, 3.8) is 0 Å². The zero-order valence-electron chi connectivity index (χ0n) is 15.5. The number of rotatable bonds is 6. The highest BCUT2D eigenvalue weighted by molar-refractivity contribution is 5.67. The molecule has 3 rings (SSSR count). The Morgan fingerprint density at radius 3 is 2.31 bits per heavy atom. The summed E-state index contributed by atoms with van der Waals surface area (Å²) >= 11 is 0. The Hall–Kier alpha value is -2.03. The van der Waals surface area contributed by atoms with Crippen LogP contribution in [0.5, 0.6) is 0 Å². The van der Waals surface area contributed by atoms with Gasteiger partial charge < -0.3 is 0 Å². The van der Waals surface area contributed by atoms with E-state index in [0.717, 1.165) is 24.8 Å². The minimum atomic E-state index is -0.963. The third kappa shape index (κ3) is 3.58. The second-order valence-corrected chi connectivity index (χ2v) is 7.02. The monoisotopic (exact) mass is 358 g/mol. The maximum absolute atomic E-state index is 15.0. The number of aryl methyl sites for hydroxylation is 1. The molecule has 1 aliphatic rings. The fourth-order valence-electron chi connectivity index (χ4n) is 3.68. The molecule has 0 atom stereocenters. The Bertz CT molecular complexity index is 834. The Morgan fingerprint density at radius 1 is 0.846 bits per heavy atom. The van der Waals surface area contributed by atoms with Crippen molar-refractivity contribution in [1.82, 2.24) is 0 Å². The average Bonchev–Trinajstić information content (AvgIpc) is 2.65. The van der Waals surface area contributed by atoms with Gasteiger partial charge in [0.2, 0.25) is 0 Å². The van der Waals surface area contributed by atoms with Gasteiger partial charge >= 0.3 is 0 Å². The summed E-state index contributed by atoms with van der Waals surface area (Å²) < 4.78 is 43.6. The van der Waals surface area contributed by atoms with Crippen molar-refractivity contribution in [3.05, 3.63) is 70.1 Å². The lowest BCUT2D eigenvalue weighted by molar-refractivity contribution is 0.501. The number of unbranched alkanes of at least 4 members (excludes halogenated alkanes) is 2. The molecule has 1 aliphatic carbocycles. The topological polar surface area (TPSA) is 0 Å². The van der Waals surface area contributed by atoms with Crippen molar-refractivity contribution >= 4 is 0 Å². The molecule has 0 amide bonds. The first kappa shape index (κ1) is 18.8. The molecule has 0 N–H and O–H groups in total. The highest BCUT2D eigenvalue weighted by Crippen LogP contribution is 2.34. The van der Waals surface area contributed by atoms with E-state index in [1.165, 1.54) is 24.5 Å².